The smallest absolute Gasteiger partial charge is 0.335 e. The average Bonchev–Trinajstić information content (AvgIpc) is 3.16. The molecule has 1 aromatic heterocycles. The number of nitrogens with zero attached hydrogens (tertiary/aromatic N) is 2. The normalized spacial score (nSPS) is 15.6. The Balaban J connectivity index is 2.06. The SMILES string of the molecule is CC(C)(C)CCn1c(C2CC2)nc2ccc(C(=O)O)cc21. The molecule has 0 saturated heterocycles. The van der Waals surface area contributed by atoms with Crippen LogP contribution < -0.4 is 0 Å². The third-order valence-corrected chi connectivity index (χ3v) is 4.05. The molecule has 21 heavy (non-hydrogen) atoms. The second kappa shape index (κ2) is 4.86. The van der Waals surface area contributed by atoms with Gasteiger partial charge in [0.25, 0.3) is 0 Å². The zero-order chi connectivity index (χ0) is 15.2. The van der Waals surface area contributed by atoms with Gasteiger partial charge in [0.05, 0.1) is 16.6 Å². The van der Waals surface area contributed by atoms with E-state index in [1.165, 1.54) is 12.8 Å². The van der Waals surface area contributed by atoms with E-state index in [0.29, 0.717) is 11.5 Å². The second-order valence-corrected chi connectivity index (χ2v) is 7.22. The molecule has 0 bridgehead atoms. The van der Waals surface area contributed by atoms with Gasteiger partial charge in [0.2, 0.25) is 0 Å². The molecule has 112 valence electrons. The zero-order valence-corrected chi connectivity index (χ0v) is 12.9. The van der Waals surface area contributed by atoms with E-state index in [1.807, 2.05) is 6.07 Å². The molecule has 2 aromatic rings. The van der Waals surface area contributed by atoms with Gasteiger partial charge in [0.15, 0.2) is 0 Å². The van der Waals surface area contributed by atoms with Crippen molar-refractivity contribution in [2.24, 2.45) is 5.41 Å². The number of benzene rings is 1. The van der Waals surface area contributed by atoms with Crippen LogP contribution in [0.15, 0.2) is 18.2 Å². The van der Waals surface area contributed by atoms with Crippen molar-refractivity contribution < 1.29 is 9.90 Å². The van der Waals surface area contributed by atoms with Crippen LogP contribution in [-0.2, 0) is 6.54 Å². The van der Waals surface area contributed by atoms with Crippen molar-refractivity contribution in [3.05, 3.63) is 29.6 Å². The molecule has 1 saturated carbocycles. The van der Waals surface area contributed by atoms with Crippen LogP contribution in [0.4, 0.5) is 0 Å². The summed E-state index contributed by atoms with van der Waals surface area (Å²) in [6.07, 6.45) is 3.45. The average molecular weight is 286 g/mol. The number of imidazole rings is 1. The molecule has 1 aliphatic carbocycles. The van der Waals surface area contributed by atoms with E-state index in [-0.39, 0.29) is 5.41 Å². The highest BCUT2D eigenvalue weighted by atomic mass is 16.4. The molecular weight excluding hydrogens is 264 g/mol. The molecular formula is C17H22N2O2. The Morgan fingerprint density at radius 1 is 1.38 bits per heavy atom. The summed E-state index contributed by atoms with van der Waals surface area (Å²) in [5.41, 5.74) is 2.46. The zero-order valence-electron chi connectivity index (χ0n) is 12.9. The predicted octanol–water partition coefficient (Wildman–Crippen LogP) is 4.05. The first kappa shape index (κ1) is 14.1. The Morgan fingerprint density at radius 2 is 2.10 bits per heavy atom. The maximum atomic E-state index is 11.2. The van der Waals surface area contributed by atoms with Crippen molar-refractivity contribution >= 4 is 17.0 Å². The second-order valence-electron chi connectivity index (χ2n) is 7.22. The Kier molecular flexibility index (Phi) is 3.27. The van der Waals surface area contributed by atoms with Crippen LogP contribution in [0.1, 0.15) is 62.1 Å². The first-order valence-electron chi connectivity index (χ1n) is 7.59. The van der Waals surface area contributed by atoms with Gasteiger partial charge < -0.3 is 9.67 Å². The predicted molar refractivity (Wildman–Crippen MR) is 82.7 cm³/mol. The maximum Gasteiger partial charge on any atom is 0.335 e. The number of carboxylic acid groups (broad SMARTS) is 1. The Bertz CT molecular complexity index is 691. The summed E-state index contributed by atoms with van der Waals surface area (Å²) in [5.74, 6) is 0.816. The molecule has 4 heteroatoms. The number of hydrogen-bond donors (Lipinski definition) is 1. The Morgan fingerprint density at radius 3 is 2.67 bits per heavy atom. The summed E-state index contributed by atoms with van der Waals surface area (Å²) in [5, 5.41) is 9.19. The van der Waals surface area contributed by atoms with Crippen molar-refractivity contribution in [3.8, 4) is 0 Å². The van der Waals surface area contributed by atoms with Crippen molar-refractivity contribution in [2.45, 2.75) is 52.5 Å². The van der Waals surface area contributed by atoms with Gasteiger partial charge >= 0.3 is 5.97 Å². The minimum absolute atomic E-state index is 0.252. The van der Waals surface area contributed by atoms with Crippen LogP contribution in [0.2, 0.25) is 0 Å². The highest BCUT2D eigenvalue weighted by Crippen LogP contribution is 2.41. The number of aromatic carboxylic acids is 1. The molecule has 0 spiro atoms. The molecule has 3 rings (SSSR count). The lowest BCUT2D eigenvalue weighted by atomic mass is 9.92. The van der Waals surface area contributed by atoms with E-state index in [9.17, 15) is 9.90 Å². The molecule has 1 aromatic carbocycles. The van der Waals surface area contributed by atoms with Crippen molar-refractivity contribution in [1.82, 2.24) is 9.55 Å². The van der Waals surface area contributed by atoms with Gasteiger partial charge in [-0.3, -0.25) is 0 Å². The summed E-state index contributed by atoms with van der Waals surface area (Å²) in [6.45, 7) is 7.58. The summed E-state index contributed by atoms with van der Waals surface area (Å²) < 4.78 is 2.24. The molecule has 0 amide bonds. The Labute approximate surface area is 124 Å². The number of rotatable bonds is 4. The first-order valence-corrected chi connectivity index (χ1v) is 7.59. The van der Waals surface area contributed by atoms with Crippen molar-refractivity contribution in [2.75, 3.05) is 0 Å². The van der Waals surface area contributed by atoms with E-state index in [2.05, 4.69) is 25.3 Å². The topological polar surface area (TPSA) is 55.1 Å². The molecule has 0 radical (unpaired) electrons. The van der Waals surface area contributed by atoms with Crippen LogP contribution in [0, 0.1) is 5.41 Å². The number of aryl methyl sites for hydroxylation is 1. The highest BCUT2D eigenvalue weighted by molar-refractivity contribution is 5.92. The number of carboxylic acids is 1. The summed E-state index contributed by atoms with van der Waals surface area (Å²) in [7, 11) is 0. The number of aromatic nitrogens is 2. The molecule has 4 nitrogen and oxygen atoms in total. The third-order valence-electron chi connectivity index (χ3n) is 4.05. The lowest BCUT2D eigenvalue weighted by Crippen LogP contribution is -2.12. The van der Waals surface area contributed by atoms with Gasteiger partial charge in [-0.1, -0.05) is 20.8 Å². The monoisotopic (exact) mass is 286 g/mol. The van der Waals surface area contributed by atoms with Gasteiger partial charge in [-0.2, -0.15) is 0 Å². The fourth-order valence-corrected chi connectivity index (χ4v) is 2.61. The summed E-state index contributed by atoms with van der Waals surface area (Å²) in [6, 6.07) is 5.24. The summed E-state index contributed by atoms with van der Waals surface area (Å²) in [4.78, 5) is 15.9. The molecule has 1 aliphatic rings. The third kappa shape index (κ3) is 2.94. The molecule has 1 fully saturated rings. The van der Waals surface area contributed by atoms with Crippen molar-refractivity contribution in [3.63, 3.8) is 0 Å². The number of hydrogen-bond acceptors (Lipinski definition) is 2. The van der Waals surface area contributed by atoms with Gasteiger partial charge in [-0.15, -0.1) is 0 Å². The van der Waals surface area contributed by atoms with Crippen LogP contribution in [-0.4, -0.2) is 20.6 Å². The largest absolute Gasteiger partial charge is 0.478 e. The lowest BCUT2D eigenvalue weighted by molar-refractivity contribution is 0.0697. The molecule has 1 heterocycles. The highest BCUT2D eigenvalue weighted by Gasteiger charge is 2.30. The molecule has 0 atom stereocenters. The van der Waals surface area contributed by atoms with E-state index in [0.717, 1.165) is 29.8 Å². The number of carbonyl (C=O) groups is 1. The molecule has 1 N–H and O–H groups in total. The van der Waals surface area contributed by atoms with Crippen LogP contribution in [0.25, 0.3) is 11.0 Å². The fraction of sp³-hybridized carbons (Fsp3) is 0.529. The maximum absolute atomic E-state index is 11.2. The minimum Gasteiger partial charge on any atom is -0.478 e. The quantitative estimate of drug-likeness (QED) is 0.922. The van der Waals surface area contributed by atoms with E-state index < -0.39 is 5.97 Å². The minimum atomic E-state index is -0.881. The van der Waals surface area contributed by atoms with Gasteiger partial charge in [0.1, 0.15) is 5.82 Å². The van der Waals surface area contributed by atoms with E-state index in [4.69, 9.17) is 4.98 Å². The summed E-state index contributed by atoms with van der Waals surface area (Å²) >= 11 is 0. The van der Waals surface area contributed by atoms with Crippen LogP contribution in [0.3, 0.4) is 0 Å². The number of fused-ring (bicyclic) bond motifs is 1. The van der Waals surface area contributed by atoms with E-state index in [1.54, 1.807) is 12.1 Å². The van der Waals surface area contributed by atoms with Gasteiger partial charge in [-0.25, -0.2) is 9.78 Å². The molecule has 0 unspecified atom stereocenters. The van der Waals surface area contributed by atoms with Crippen molar-refractivity contribution in [1.29, 1.82) is 0 Å². The van der Waals surface area contributed by atoms with Gasteiger partial charge in [-0.05, 0) is 42.9 Å². The molecule has 0 aliphatic heterocycles. The van der Waals surface area contributed by atoms with Crippen LogP contribution in [0.5, 0.6) is 0 Å². The van der Waals surface area contributed by atoms with E-state index >= 15 is 0 Å². The fourth-order valence-electron chi connectivity index (χ4n) is 2.61. The lowest BCUT2D eigenvalue weighted by Gasteiger charge is -2.19. The van der Waals surface area contributed by atoms with Gasteiger partial charge in [0, 0.05) is 12.5 Å². The standard InChI is InChI=1S/C17H22N2O2/c1-17(2,3)8-9-19-14-10-12(16(20)21)6-7-13(14)18-15(19)11-4-5-11/h6-7,10-11H,4-5,8-9H2,1-3H3,(H,20,21). The Hall–Kier alpha value is -1.84. The van der Waals surface area contributed by atoms with Crippen LogP contribution >= 0.6 is 0 Å². The first-order chi connectivity index (χ1) is 9.85.